The molecule has 1 saturated heterocycles. The van der Waals surface area contributed by atoms with Gasteiger partial charge in [-0.15, -0.1) is 0 Å². The lowest BCUT2D eigenvalue weighted by Crippen LogP contribution is -2.30. The third-order valence-electron chi connectivity index (χ3n) is 3.08. The molecule has 2 heterocycles. The van der Waals surface area contributed by atoms with Gasteiger partial charge in [-0.25, -0.2) is 0 Å². The van der Waals surface area contributed by atoms with Crippen LogP contribution in [0.2, 0.25) is 0 Å². The lowest BCUT2D eigenvalue weighted by atomic mass is 10.1. The van der Waals surface area contributed by atoms with E-state index in [0.29, 0.717) is 12.6 Å². The van der Waals surface area contributed by atoms with E-state index >= 15 is 0 Å². The lowest BCUT2D eigenvalue weighted by Gasteiger charge is -2.23. The molecule has 0 bridgehead atoms. The predicted octanol–water partition coefficient (Wildman–Crippen LogP) is 1.19. The molecule has 1 aromatic rings. The molecule has 94 valence electrons. The van der Waals surface area contributed by atoms with Crippen LogP contribution in [0.4, 0.5) is 5.69 Å². The van der Waals surface area contributed by atoms with Crippen LogP contribution >= 0.6 is 0 Å². The van der Waals surface area contributed by atoms with Gasteiger partial charge >= 0.3 is 0 Å². The molecule has 1 fully saturated rings. The standard InChI is InChI=1S/C12H18N2O2S/c1-2-14-9-11(3-4-12(14)15)13-10-5-7-17(16)8-6-10/h3-4,9-10,13H,2,5-8H2,1H3. The number of aryl methyl sites for hydroxylation is 1. The Balaban J connectivity index is 2.03. The highest BCUT2D eigenvalue weighted by Crippen LogP contribution is 2.15. The Kier molecular flexibility index (Phi) is 3.99. The van der Waals surface area contributed by atoms with Gasteiger partial charge in [0, 0.05) is 47.2 Å². The largest absolute Gasteiger partial charge is 0.381 e. The van der Waals surface area contributed by atoms with Crippen molar-refractivity contribution >= 4 is 16.5 Å². The second-order valence-electron chi connectivity index (χ2n) is 4.31. The number of hydrogen-bond donors (Lipinski definition) is 1. The number of aromatic nitrogens is 1. The molecule has 0 atom stereocenters. The van der Waals surface area contributed by atoms with E-state index in [2.05, 4.69) is 5.32 Å². The van der Waals surface area contributed by atoms with Gasteiger partial charge in [-0.3, -0.25) is 9.00 Å². The van der Waals surface area contributed by atoms with Gasteiger partial charge < -0.3 is 9.88 Å². The van der Waals surface area contributed by atoms with Gasteiger partial charge in [0.1, 0.15) is 0 Å². The van der Waals surface area contributed by atoms with Gasteiger partial charge in [0.25, 0.3) is 5.56 Å². The van der Waals surface area contributed by atoms with E-state index < -0.39 is 10.8 Å². The lowest BCUT2D eigenvalue weighted by molar-refractivity contribution is 0.622. The van der Waals surface area contributed by atoms with E-state index in [1.165, 1.54) is 0 Å². The normalized spacial score (nSPS) is 24.5. The molecule has 4 nitrogen and oxygen atoms in total. The first kappa shape index (κ1) is 12.4. The summed E-state index contributed by atoms with van der Waals surface area (Å²) in [5.74, 6) is 1.57. The average Bonchev–Trinajstić information content (AvgIpc) is 2.34. The maximum atomic E-state index is 11.4. The fourth-order valence-corrected chi connectivity index (χ4v) is 3.34. The predicted molar refractivity (Wildman–Crippen MR) is 70.9 cm³/mol. The number of hydrogen-bond acceptors (Lipinski definition) is 3. The summed E-state index contributed by atoms with van der Waals surface area (Å²) < 4.78 is 12.9. The highest BCUT2D eigenvalue weighted by molar-refractivity contribution is 7.85. The summed E-state index contributed by atoms with van der Waals surface area (Å²) in [6.45, 7) is 2.64. The van der Waals surface area contributed by atoms with Gasteiger partial charge in [0.2, 0.25) is 0 Å². The summed E-state index contributed by atoms with van der Waals surface area (Å²) in [6.07, 6.45) is 3.74. The zero-order valence-corrected chi connectivity index (χ0v) is 10.8. The van der Waals surface area contributed by atoms with Crippen LogP contribution in [0.1, 0.15) is 19.8 Å². The van der Waals surface area contributed by atoms with Crippen molar-refractivity contribution in [3.63, 3.8) is 0 Å². The Morgan fingerprint density at radius 3 is 2.76 bits per heavy atom. The third kappa shape index (κ3) is 3.19. The average molecular weight is 254 g/mol. The Hall–Kier alpha value is -1.10. The fraction of sp³-hybridized carbons (Fsp3) is 0.583. The van der Waals surface area contributed by atoms with Gasteiger partial charge in [-0.2, -0.15) is 0 Å². The van der Waals surface area contributed by atoms with Gasteiger partial charge in [-0.05, 0) is 25.8 Å². The number of anilines is 1. The second kappa shape index (κ2) is 5.49. The van der Waals surface area contributed by atoms with E-state index in [-0.39, 0.29) is 5.56 Å². The smallest absolute Gasteiger partial charge is 0.250 e. The molecule has 0 spiro atoms. The molecule has 5 heteroatoms. The zero-order valence-electron chi connectivity index (χ0n) is 10.0. The first-order chi connectivity index (χ1) is 8.19. The molecular weight excluding hydrogens is 236 g/mol. The topological polar surface area (TPSA) is 51.1 Å². The number of pyridine rings is 1. The summed E-state index contributed by atoms with van der Waals surface area (Å²) >= 11 is 0. The van der Waals surface area contributed by atoms with E-state index in [4.69, 9.17) is 0 Å². The van der Waals surface area contributed by atoms with Crippen LogP contribution in [-0.4, -0.2) is 26.3 Å². The highest BCUT2D eigenvalue weighted by atomic mass is 32.2. The Morgan fingerprint density at radius 2 is 2.12 bits per heavy atom. The molecule has 0 aliphatic carbocycles. The van der Waals surface area contributed by atoms with Gasteiger partial charge in [0.15, 0.2) is 0 Å². The van der Waals surface area contributed by atoms with Gasteiger partial charge in [-0.1, -0.05) is 0 Å². The molecule has 0 unspecified atom stereocenters. The highest BCUT2D eigenvalue weighted by Gasteiger charge is 2.17. The Bertz CT molecular complexity index is 460. The molecule has 1 aromatic heterocycles. The second-order valence-corrected chi connectivity index (χ2v) is 6.00. The van der Waals surface area contributed by atoms with Crippen molar-refractivity contribution in [3.8, 4) is 0 Å². The minimum atomic E-state index is -0.624. The molecule has 1 aliphatic rings. The first-order valence-corrected chi connectivity index (χ1v) is 7.50. The SMILES string of the molecule is CCn1cc(NC2CCS(=O)CC2)ccc1=O. The molecule has 0 amide bonds. The van der Waals surface area contributed by atoms with Crippen LogP contribution in [0.3, 0.4) is 0 Å². The van der Waals surface area contributed by atoms with E-state index in [9.17, 15) is 9.00 Å². The van der Waals surface area contributed by atoms with Crippen molar-refractivity contribution in [2.24, 2.45) is 0 Å². The van der Waals surface area contributed by atoms with Crippen LogP contribution in [0.25, 0.3) is 0 Å². The molecule has 0 radical (unpaired) electrons. The summed E-state index contributed by atoms with van der Waals surface area (Å²) in [5.41, 5.74) is 1.01. The van der Waals surface area contributed by atoms with Crippen molar-refractivity contribution in [2.45, 2.75) is 32.4 Å². The molecule has 0 aromatic carbocycles. The molecular formula is C12H18N2O2S. The van der Waals surface area contributed by atoms with Crippen LogP contribution in [0.15, 0.2) is 23.1 Å². The minimum Gasteiger partial charge on any atom is -0.381 e. The molecule has 17 heavy (non-hydrogen) atoms. The molecule has 1 N–H and O–H groups in total. The van der Waals surface area contributed by atoms with E-state index in [1.807, 2.05) is 19.2 Å². The van der Waals surface area contributed by atoms with Crippen LogP contribution in [0.5, 0.6) is 0 Å². The van der Waals surface area contributed by atoms with E-state index in [0.717, 1.165) is 30.0 Å². The van der Waals surface area contributed by atoms with Crippen LogP contribution in [-0.2, 0) is 17.3 Å². The monoisotopic (exact) mass is 254 g/mol. The van der Waals surface area contributed by atoms with Gasteiger partial charge in [0.05, 0.1) is 5.69 Å². The summed E-state index contributed by atoms with van der Waals surface area (Å²) in [4.78, 5) is 11.4. The van der Waals surface area contributed by atoms with Crippen LogP contribution in [0, 0.1) is 0 Å². The summed E-state index contributed by atoms with van der Waals surface area (Å²) in [5, 5.41) is 3.41. The van der Waals surface area contributed by atoms with E-state index in [1.54, 1.807) is 10.6 Å². The molecule has 2 rings (SSSR count). The van der Waals surface area contributed by atoms with Crippen molar-refractivity contribution < 1.29 is 4.21 Å². The maximum absolute atomic E-state index is 11.4. The quantitative estimate of drug-likeness (QED) is 0.881. The van der Waals surface area contributed by atoms with Crippen molar-refractivity contribution in [2.75, 3.05) is 16.8 Å². The first-order valence-electron chi connectivity index (χ1n) is 6.01. The number of nitrogens with zero attached hydrogens (tertiary/aromatic N) is 1. The minimum absolute atomic E-state index is 0.0304. The third-order valence-corrected chi connectivity index (χ3v) is 4.47. The van der Waals surface area contributed by atoms with Crippen molar-refractivity contribution in [1.82, 2.24) is 4.57 Å². The molecule has 1 aliphatic heterocycles. The van der Waals surface area contributed by atoms with Crippen molar-refractivity contribution in [3.05, 3.63) is 28.7 Å². The Morgan fingerprint density at radius 1 is 1.41 bits per heavy atom. The van der Waals surface area contributed by atoms with Crippen molar-refractivity contribution in [1.29, 1.82) is 0 Å². The van der Waals surface area contributed by atoms with Crippen LogP contribution < -0.4 is 10.9 Å². The zero-order chi connectivity index (χ0) is 12.3. The fourth-order valence-electron chi connectivity index (χ4n) is 2.04. The maximum Gasteiger partial charge on any atom is 0.250 e. The number of nitrogens with one attached hydrogen (secondary N) is 1. The summed E-state index contributed by atoms with van der Waals surface area (Å²) in [7, 11) is -0.624. The molecule has 0 saturated carbocycles. The Labute approximate surface area is 103 Å². The number of rotatable bonds is 3. The summed E-state index contributed by atoms with van der Waals surface area (Å²) in [6, 6.07) is 3.79.